The van der Waals surface area contributed by atoms with Crippen molar-refractivity contribution in [3.8, 4) is 11.8 Å². The lowest BCUT2D eigenvalue weighted by molar-refractivity contribution is 0.265. The van der Waals surface area contributed by atoms with Crippen LogP contribution in [0.25, 0.3) is 10.8 Å². The van der Waals surface area contributed by atoms with Crippen molar-refractivity contribution in [3.63, 3.8) is 0 Å². The summed E-state index contributed by atoms with van der Waals surface area (Å²) >= 11 is 0. The van der Waals surface area contributed by atoms with Gasteiger partial charge in [0.15, 0.2) is 0 Å². The molecule has 3 aromatic carbocycles. The van der Waals surface area contributed by atoms with Gasteiger partial charge in [-0.2, -0.15) is 0 Å². The zero-order chi connectivity index (χ0) is 21.6. The lowest BCUT2D eigenvalue weighted by Crippen LogP contribution is -2.14. The predicted octanol–water partition coefficient (Wildman–Crippen LogP) is 8.00. The van der Waals surface area contributed by atoms with Gasteiger partial charge in [0, 0.05) is 16.5 Å². The molecule has 1 heteroatoms. The first-order valence-corrected chi connectivity index (χ1v) is 11.5. The van der Waals surface area contributed by atoms with Crippen molar-refractivity contribution in [2.45, 2.75) is 51.9 Å². The van der Waals surface area contributed by atoms with Crippen LogP contribution in [0.5, 0.6) is 0 Å². The summed E-state index contributed by atoms with van der Waals surface area (Å²) in [6, 6.07) is 18.1. The Kier molecular flexibility index (Phi) is 6.88. The molecule has 0 aromatic heterocycles. The van der Waals surface area contributed by atoms with Crippen LogP contribution in [0.1, 0.15) is 60.8 Å². The van der Waals surface area contributed by atoms with Crippen molar-refractivity contribution in [1.29, 1.82) is 0 Å². The zero-order valence-electron chi connectivity index (χ0n) is 18.5. The van der Waals surface area contributed by atoms with E-state index in [9.17, 15) is 4.39 Å². The Morgan fingerprint density at radius 1 is 0.903 bits per heavy atom. The first-order chi connectivity index (χ1) is 15.1. The van der Waals surface area contributed by atoms with Crippen LogP contribution in [0.3, 0.4) is 0 Å². The molecule has 0 nitrogen and oxygen atoms in total. The minimum Gasteiger partial charge on any atom is -0.206 e. The van der Waals surface area contributed by atoms with Gasteiger partial charge in [0.25, 0.3) is 0 Å². The summed E-state index contributed by atoms with van der Waals surface area (Å²) in [5, 5.41) is 1.55. The number of allylic oxidation sites excluding steroid dienone is 1. The lowest BCUT2D eigenvalue weighted by atomic mass is 9.78. The van der Waals surface area contributed by atoms with E-state index in [1.165, 1.54) is 44.1 Å². The predicted molar refractivity (Wildman–Crippen MR) is 130 cm³/mol. The minimum atomic E-state index is -0.141. The average Bonchev–Trinajstić information content (AvgIpc) is 2.80. The van der Waals surface area contributed by atoms with Gasteiger partial charge in [-0.05, 0) is 91.6 Å². The molecule has 0 aliphatic heterocycles. The second-order valence-corrected chi connectivity index (χ2v) is 9.03. The highest BCUT2D eigenvalue weighted by molar-refractivity contribution is 5.85. The maximum absolute atomic E-state index is 14.2. The number of halogens is 1. The summed E-state index contributed by atoms with van der Waals surface area (Å²) in [6.07, 6.45) is 11.2. The van der Waals surface area contributed by atoms with Gasteiger partial charge >= 0.3 is 0 Å². The highest BCUT2D eigenvalue weighted by atomic mass is 19.1. The van der Waals surface area contributed by atoms with Crippen LogP contribution in [0, 0.1) is 36.4 Å². The molecule has 0 amide bonds. The summed E-state index contributed by atoms with van der Waals surface area (Å²) in [5.74, 6) is 8.08. The molecule has 31 heavy (non-hydrogen) atoms. The van der Waals surface area contributed by atoms with Crippen molar-refractivity contribution >= 4 is 10.8 Å². The van der Waals surface area contributed by atoms with E-state index in [2.05, 4.69) is 48.8 Å². The number of fused-ring (bicyclic) bond motifs is 1. The summed E-state index contributed by atoms with van der Waals surface area (Å²) in [4.78, 5) is 0. The number of benzene rings is 3. The van der Waals surface area contributed by atoms with Gasteiger partial charge in [0.05, 0.1) is 0 Å². The van der Waals surface area contributed by atoms with Gasteiger partial charge in [-0.15, -0.1) is 6.58 Å². The molecule has 0 heterocycles. The van der Waals surface area contributed by atoms with Crippen molar-refractivity contribution in [2.24, 2.45) is 11.8 Å². The quantitative estimate of drug-likeness (QED) is 0.295. The fraction of sp³-hybridized carbons (Fsp3) is 0.333. The molecule has 0 N–H and O–H groups in total. The molecule has 1 saturated carbocycles. The fourth-order valence-corrected chi connectivity index (χ4v) is 4.74. The van der Waals surface area contributed by atoms with E-state index in [1.54, 1.807) is 6.92 Å². The lowest BCUT2D eigenvalue weighted by Gasteiger charge is -2.27. The van der Waals surface area contributed by atoms with Crippen LogP contribution in [0.2, 0.25) is 0 Å². The molecule has 0 radical (unpaired) electrons. The number of hydrogen-bond acceptors (Lipinski definition) is 0. The van der Waals surface area contributed by atoms with Gasteiger partial charge < -0.3 is 0 Å². The Labute approximate surface area is 186 Å². The second-order valence-electron chi connectivity index (χ2n) is 9.03. The molecule has 0 unspecified atom stereocenters. The van der Waals surface area contributed by atoms with E-state index >= 15 is 0 Å². The Bertz CT molecular complexity index is 1100. The molecule has 0 atom stereocenters. The highest BCUT2D eigenvalue weighted by Gasteiger charge is 2.19. The maximum atomic E-state index is 14.2. The summed E-state index contributed by atoms with van der Waals surface area (Å²) < 4.78 is 14.2. The summed E-state index contributed by atoms with van der Waals surface area (Å²) in [5.41, 5.74) is 4.00. The molecule has 1 aliphatic carbocycles. The van der Waals surface area contributed by atoms with Gasteiger partial charge in [-0.25, -0.2) is 4.39 Å². The van der Waals surface area contributed by atoms with Crippen molar-refractivity contribution in [3.05, 3.63) is 95.3 Å². The molecule has 3 aromatic rings. The number of rotatable bonds is 5. The van der Waals surface area contributed by atoms with Crippen LogP contribution in [0.4, 0.5) is 4.39 Å². The van der Waals surface area contributed by atoms with E-state index in [1.807, 2.05) is 30.3 Å². The molecule has 4 rings (SSSR count). The van der Waals surface area contributed by atoms with Crippen LogP contribution in [-0.4, -0.2) is 0 Å². The van der Waals surface area contributed by atoms with E-state index in [0.717, 1.165) is 34.8 Å². The molecule has 1 aliphatic rings. The third kappa shape index (κ3) is 5.45. The van der Waals surface area contributed by atoms with Crippen molar-refractivity contribution in [1.82, 2.24) is 0 Å². The fourth-order valence-electron chi connectivity index (χ4n) is 4.74. The monoisotopic (exact) mass is 410 g/mol. The molecule has 0 bridgehead atoms. The Hall–Kier alpha value is -2.85. The SMILES string of the molecule is C=CCC1CCC(CCc2ccc(C#Cc3ccc4c(F)c(C)ccc4c3)cc2)CC1. The van der Waals surface area contributed by atoms with Gasteiger partial charge in [-0.3, -0.25) is 0 Å². The smallest absolute Gasteiger partial charge is 0.133 e. The minimum absolute atomic E-state index is 0.141. The summed E-state index contributed by atoms with van der Waals surface area (Å²) in [7, 11) is 0. The van der Waals surface area contributed by atoms with E-state index in [-0.39, 0.29) is 5.82 Å². The Morgan fingerprint density at radius 2 is 1.58 bits per heavy atom. The van der Waals surface area contributed by atoms with E-state index < -0.39 is 0 Å². The van der Waals surface area contributed by atoms with E-state index in [4.69, 9.17) is 0 Å². The zero-order valence-corrected chi connectivity index (χ0v) is 18.5. The normalized spacial score (nSPS) is 18.4. The average molecular weight is 411 g/mol. The molecule has 0 saturated heterocycles. The Balaban J connectivity index is 1.34. The van der Waals surface area contributed by atoms with Gasteiger partial charge in [0.2, 0.25) is 0 Å². The first-order valence-electron chi connectivity index (χ1n) is 11.5. The first kappa shape index (κ1) is 21.4. The maximum Gasteiger partial charge on any atom is 0.133 e. The van der Waals surface area contributed by atoms with Gasteiger partial charge in [-0.1, -0.05) is 61.1 Å². The molecular weight excluding hydrogens is 379 g/mol. The van der Waals surface area contributed by atoms with Crippen molar-refractivity contribution in [2.75, 3.05) is 0 Å². The van der Waals surface area contributed by atoms with Gasteiger partial charge in [0.1, 0.15) is 5.82 Å². The third-order valence-electron chi connectivity index (χ3n) is 6.76. The van der Waals surface area contributed by atoms with Crippen molar-refractivity contribution < 1.29 is 4.39 Å². The number of aryl methyl sites for hydroxylation is 2. The molecular formula is C30H31F. The van der Waals surface area contributed by atoms with Crippen LogP contribution in [0.15, 0.2) is 67.3 Å². The highest BCUT2D eigenvalue weighted by Crippen LogP contribution is 2.33. The molecule has 158 valence electrons. The largest absolute Gasteiger partial charge is 0.206 e. The third-order valence-corrected chi connectivity index (χ3v) is 6.76. The van der Waals surface area contributed by atoms with E-state index in [0.29, 0.717) is 10.9 Å². The number of hydrogen-bond donors (Lipinski definition) is 0. The standard InChI is InChI=1S/C30H31F/c1-3-4-23-6-8-24(9-7-23)10-11-25-12-14-26(15-13-25)16-17-27-18-20-29-28(21-27)19-5-22(2)30(29)31/h3,5,12-15,18-21,23-24H,1,4,6-11H2,2H3. The van der Waals surface area contributed by atoms with Crippen LogP contribution < -0.4 is 0 Å². The molecule has 1 fully saturated rings. The second kappa shape index (κ2) is 9.97. The van der Waals surface area contributed by atoms with Crippen LogP contribution >= 0.6 is 0 Å². The Morgan fingerprint density at radius 3 is 2.32 bits per heavy atom. The molecule has 0 spiro atoms. The van der Waals surface area contributed by atoms with Crippen LogP contribution in [-0.2, 0) is 6.42 Å². The topological polar surface area (TPSA) is 0 Å². The summed E-state index contributed by atoms with van der Waals surface area (Å²) in [6.45, 7) is 5.67.